The van der Waals surface area contributed by atoms with Crippen molar-refractivity contribution in [2.75, 3.05) is 25.2 Å². The smallest absolute Gasteiger partial charge is 0.306 e. The Morgan fingerprint density at radius 3 is 2.39 bits per heavy atom. The average molecular weight is 519 g/mol. The van der Waals surface area contributed by atoms with Gasteiger partial charge in [0.25, 0.3) is 0 Å². The van der Waals surface area contributed by atoms with Crippen LogP contribution in [-0.2, 0) is 22.5 Å². The summed E-state index contributed by atoms with van der Waals surface area (Å²) in [4.78, 5) is 28.0. The van der Waals surface area contributed by atoms with Crippen LogP contribution in [0, 0.1) is 6.92 Å². The maximum atomic E-state index is 12.1. The predicted molar refractivity (Wildman–Crippen MR) is 152 cm³/mol. The predicted octanol–water partition coefficient (Wildman–Crippen LogP) is 6.45. The number of esters is 1. The number of aryl methyl sites for hydroxylation is 2. The SMILES string of the molecule is CCOC(=O)CC(CCCCCCc1cccc(N(CC)Cc2ccc(OC)cc2)n1)c1cnc(C)nc1. The summed E-state index contributed by atoms with van der Waals surface area (Å²) in [6.07, 6.45) is 10.4. The van der Waals surface area contributed by atoms with Gasteiger partial charge in [-0.25, -0.2) is 15.0 Å². The van der Waals surface area contributed by atoms with Crippen LogP contribution in [0.4, 0.5) is 5.82 Å². The highest BCUT2D eigenvalue weighted by Gasteiger charge is 2.17. The summed E-state index contributed by atoms with van der Waals surface area (Å²) in [5, 5.41) is 0. The molecule has 0 aliphatic heterocycles. The van der Waals surface area contributed by atoms with Crippen molar-refractivity contribution in [3.63, 3.8) is 0 Å². The summed E-state index contributed by atoms with van der Waals surface area (Å²) in [6.45, 7) is 7.98. The lowest BCUT2D eigenvalue weighted by Crippen LogP contribution is -2.23. The molecule has 0 N–H and O–H groups in total. The zero-order valence-corrected chi connectivity index (χ0v) is 23.4. The largest absolute Gasteiger partial charge is 0.497 e. The van der Waals surface area contributed by atoms with E-state index in [0.717, 1.165) is 80.3 Å². The molecule has 0 spiro atoms. The lowest BCUT2D eigenvalue weighted by atomic mass is 9.92. The van der Waals surface area contributed by atoms with Gasteiger partial charge in [0.1, 0.15) is 17.4 Å². The lowest BCUT2D eigenvalue weighted by Gasteiger charge is -2.22. The zero-order chi connectivity index (χ0) is 27.2. The number of ether oxygens (including phenoxy) is 2. The second-order valence-corrected chi connectivity index (χ2v) is 9.57. The van der Waals surface area contributed by atoms with E-state index in [1.54, 1.807) is 7.11 Å². The molecule has 204 valence electrons. The summed E-state index contributed by atoms with van der Waals surface area (Å²) < 4.78 is 10.5. The van der Waals surface area contributed by atoms with E-state index in [2.05, 4.69) is 52.1 Å². The molecule has 0 aliphatic rings. The van der Waals surface area contributed by atoms with E-state index < -0.39 is 0 Å². The fraction of sp³-hybridized carbons (Fsp3) is 0.484. The van der Waals surface area contributed by atoms with Gasteiger partial charge in [0, 0.05) is 31.2 Å². The number of aromatic nitrogens is 3. The monoisotopic (exact) mass is 518 g/mol. The van der Waals surface area contributed by atoms with Gasteiger partial charge in [0.05, 0.1) is 20.1 Å². The maximum Gasteiger partial charge on any atom is 0.306 e. The molecule has 2 heterocycles. The van der Waals surface area contributed by atoms with Crippen LogP contribution < -0.4 is 9.64 Å². The van der Waals surface area contributed by atoms with E-state index in [-0.39, 0.29) is 11.9 Å². The third-order valence-corrected chi connectivity index (χ3v) is 6.76. The Kier molecular flexibility index (Phi) is 12.0. The van der Waals surface area contributed by atoms with E-state index in [4.69, 9.17) is 14.5 Å². The molecule has 0 saturated heterocycles. The van der Waals surface area contributed by atoms with E-state index >= 15 is 0 Å². The molecule has 0 radical (unpaired) electrons. The van der Waals surface area contributed by atoms with Crippen molar-refractivity contribution in [3.05, 3.63) is 77.5 Å². The Bertz CT molecular complexity index is 1100. The zero-order valence-electron chi connectivity index (χ0n) is 23.4. The molecular formula is C31H42N4O3. The molecule has 2 aromatic heterocycles. The van der Waals surface area contributed by atoms with Gasteiger partial charge in [-0.15, -0.1) is 0 Å². The quantitative estimate of drug-likeness (QED) is 0.159. The standard InChI is InChI=1S/C31H42N4O3/c1-5-35(23-25-16-18-29(37-4)19-17-25)30-15-11-14-28(34-30)13-10-8-7-9-12-26(20-31(36)38-6-2)27-21-32-24(3)33-22-27/h11,14-19,21-22,26H,5-10,12-13,20,23H2,1-4H3. The van der Waals surface area contributed by atoms with Crippen molar-refractivity contribution < 1.29 is 14.3 Å². The van der Waals surface area contributed by atoms with Gasteiger partial charge in [-0.05, 0) is 81.3 Å². The van der Waals surface area contributed by atoms with Crippen molar-refractivity contribution in [2.24, 2.45) is 0 Å². The number of carbonyl (C=O) groups excluding carboxylic acids is 1. The first-order chi connectivity index (χ1) is 18.5. The van der Waals surface area contributed by atoms with E-state index in [0.29, 0.717) is 13.0 Å². The fourth-order valence-corrected chi connectivity index (χ4v) is 4.56. The first-order valence-electron chi connectivity index (χ1n) is 13.8. The Hall–Kier alpha value is -3.48. The number of benzene rings is 1. The molecule has 3 rings (SSSR count). The van der Waals surface area contributed by atoms with Crippen LogP contribution in [0.15, 0.2) is 54.9 Å². The molecule has 0 amide bonds. The van der Waals surface area contributed by atoms with Crippen LogP contribution in [0.2, 0.25) is 0 Å². The third kappa shape index (κ3) is 9.43. The van der Waals surface area contributed by atoms with Crippen LogP contribution in [0.3, 0.4) is 0 Å². The van der Waals surface area contributed by atoms with Crippen LogP contribution in [0.25, 0.3) is 0 Å². The topological polar surface area (TPSA) is 77.4 Å². The molecular weight excluding hydrogens is 476 g/mol. The number of pyridine rings is 1. The molecule has 7 nitrogen and oxygen atoms in total. The Morgan fingerprint density at radius 2 is 1.71 bits per heavy atom. The molecule has 38 heavy (non-hydrogen) atoms. The fourth-order valence-electron chi connectivity index (χ4n) is 4.56. The van der Waals surface area contributed by atoms with Gasteiger partial charge >= 0.3 is 5.97 Å². The Morgan fingerprint density at radius 1 is 0.974 bits per heavy atom. The molecule has 0 aliphatic carbocycles. The molecule has 0 fully saturated rings. The molecule has 0 bridgehead atoms. The second-order valence-electron chi connectivity index (χ2n) is 9.57. The first kappa shape index (κ1) is 29.1. The van der Waals surface area contributed by atoms with Crippen LogP contribution in [0.5, 0.6) is 5.75 Å². The summed E-state index contributed by atoms with van der Waals surface area (Å²) in [5.74, 6) is 2.57. The number of methoxy groups -OCH3 is 1. The van der Waals surface area contributed by atoms with Crippen molar-refractivity contribution in [1.82, 2.24) is 15.0 Å². The number of unbranched alkanes of at least 4 members (excludes halogenated alkanes) is 3. The summed E-state index contributed by atoms with van der Waals surface area (Å²) in [7, 11) is 1.69. The number of hydrogen-bond acceptors (Lipinski definition) is 7. The maximum absolute atomic E-state index is 12.1. The van der Waals surface area contributed by atoms with Crippen molar-refractivity contribution in [1.29, 1.82) is 0 Å². The van der Waals surface area contributed by atoms with Gasteiger partial charge in [-0.1, -0.05) is 37.5 Å². The first-order valence-corrected chi connectivity index (χ1v) is 13.8. The molecule has 1 aromatic carbocycles. The van der Waals surface area contributed by atoms with Gasteiger partial charge in [-0.3, -0.25) is 4.79 Å². The third-order valence-electron chi connectivity index (χ3n) is 6.76. The van der Waals surface area contributed by atoms with Gasteiger partial charge in [0.2, 0.25) is 0 Å². The van der Waals surface area contributed by atoms with Crippen LogP contribution >= 0.6 is 0 Å². The van der Waals surface area contributed by atoms with Gasteiger partial charge in [-0.2, -0.15) is 0 Å². The number of hydrogen-bond donors (Lipinski definition) is 0. The number of carbonyl (C=O) groups is 1. The highest BCUT2D eigenvalue weighted by Crippen LogP contribution is 2.26. The van der Waals surface area contributed by atoms with Crippen LogP contribution in [-0.4, -0.2) is 41.2 Å². The number of anilines is 1. The van der Waals surface area contributed by atoms with Crippen molar-refractivity contribution >= 4 is 11.8 Å². The minimum atomic E-state index is -0.155. The highest BCUT2D eigenvalue weighted by molar-refractivity contribution is 5.70. The Balaban J connectivity index is 1.46. The normalized spacial score (nSPS) is 11.7. The molecule has 3 aromatic rings. The van der Waals surface area contributed by atoms with Gasteiger partial charge in [0.15, 0.2) is 0 Å². The minimum absolute atomic E-state index is 0.0960. The van der Waals surface area contributed by atoms with Crippen molar-refractivity contribution in [2.45, 2.75) is 78.2 Å². The second kappa shape index (κ2) is 15.7. The molecule has 1 unspecified atom stereocenters. The van der Waals surface area contributed by atoms with Crippen molar-refractivity contribution in [3.8, 4) is 5.75 Å². The highest BCUT2D eigenvalue weighted by atomic mass is 16.5. The summed E-state index contributed by atoms with van der Waals surface area (Å²) in [5.41, 5.74) is 3.38. The summed E-state index contributed by atoms with van der Waals surface area (Å²) in [6, 6.07) is 14.5. The van der Waals surface area contributed by atoms with E-state index in [1.807, 2.05) is 38.4 Å². The van der Waals surface area contributed by atoms with E-state index in [9.17, 15) is 4.79 Å². The number of rotatable bonds is 16. The number of nitrogens with zero attached hydrogens (tertiary/aromatic N) is 4. The minimum Gasteiger partial charge on any atom is -0.497 e. The average Bonchev–Trinajstić information content (AvgIpc) is 2.94. The molecule has 7 heteroatoms. The summed E-state index contributed by atoms with van der Waals surface area (Å²) >= 11 is 0. The lowest BCUT2D eigenvalue weighted by molar-refractivity contribution is -0.143. The molecule has 1 atom stereocenters. The van der Waals surface area contributed by atoms with Gasteiger partial charge < -0.3 is 14.4 Å². The molecule has 0 saturated carbocycles. The van der Waals surface area contributed by atoms with Crippen LogP contribution in [0.1, 0.15) is 80.9 Å². The Labute approximate surface area is 227 Å². The van der Waals surface area contributed by atoms with E-state index in [1.165, 1.54) is 5.56 Å².